The fourth-order valence-corrected chi connectivity index (χ4v) is 4.11. The van der Waals surface area contributed by atoms with E-state index in [2.05, 4.69) is 41.2 Å². The Morgan fingerprint density at radius 3 is 3.11 bits per heavy atom. The molecule has 1 saturated heterocycles. The van der Waals surface area contributed by atoms with E-state index in [9.17, 15) is 0 Å². The van der Waals surface area contributed by atoms with Gasteiger partial charge in [-0.1, -0.05) is 6.07 Å². The maximum absolute atomic E-state index is 5.79. The van der Waals surface area contributed by atoms with E-state index in [0.717, 1.165) is 19.7 Å². The molecule has 1 aliphatic heterocycles. The summed E-state index contributed by atoms with van der Waals surface area (Å²) in [5.41, 5.74) is 1.40. The highest BCUT2D eigenvalue weighted by molar-refractivity contribution is 7.14. The SMILES string of the molecule is CC1(CNCc2cc(-c3cccs3)cs2)CCCO1. The van der Waals surface area contributed by atoms with Gasteiger partial charge in [-0.25, -0.2) is 0 Å². The fraction of sp³-hybridized carbons (Fsp3) is 0.467. The first kappa shape index (κ1) is 13.3. The number of nitrogens with one attached hydrogen (secondary N) is 1. The Morgan fingerprint density at radius 2 is 2.37 bits per heavy atom. The minimum absolute atomic E-state index is 0.0494. The average molecular weight is 293 g/mol. The van der Waals surface area contributed by atoms with Crippen LogP contribution in [0, 0.1) is 0 Å². The molecule has 1 N–H and O–H groups in total. The first-order valence-electron chi connectivity index (χ1n) is 6.71. The van der Waals surface area contributed by atoms with Gasteiger partial charge in [0.1, 0.15) is 0 Å². The molecule has 1 atom stereocenters. The van der Waals surface area contributed by atoms with Crippen molar-refractivity contribution in [3.8, 4) is 10.4 Å². The monoisotopic (exact) mass is 293 g/mol. The Hall–Kier alpha value is -0.680. The van der Waals surface area contributed by atoms with Crippen LogP contribution in [0.25, 0.3) is 10.4 Å². The van der Waals surface area contributed by atoms with Crippen molar-refractivity contribution in [3.63, 3.8) is 0 Å². The summed E-state index contributed by atoms with van der Waals surface area (Å²) in [5, 5.41) is 7.91. The molecule has 0 bridgehead atoms. The first-order valence-corrected chi connectivity index (χ1v) is 8.47. The Bertz CT molecular complexity index is 512. The molecular formula is C15H19NOS2. The van der Waals surface area contributed by atoms with Crippen molar-refractivity contribution < 1.29 is 4.74 Å². The van der Waals surface area contributed by atoms with Crippen molar-refractivity contribution >= 4 is 22.7 Å². The Kier molecular flexibility index (Phi) is 4.03. The van der Waals surface area contributed by atoms with Gasteiger partial charge in [0.25, 0.3) is 0 Å². The molecule has 19 heavy (non-hydrogen) atoms. The molecule has 0 aliphatic carbocycles. The van der Waals surface area contributed by atoms with Crippen LogP contribution in [0.1, 0.15) is 24.6 Å². The van der Waals surface area contributed by atoms with Crippen molar-refractivity contribution in [2.45, 2.75) is 31.9 Å². The van der Waals surface area contributed by atoms with Gasteiger partial charge in [0.15, 0.2) is 0 Å². The van der Waals surface area contributed by atoms with Gasteiger partial charge in [-0.15, -0.1) is 22.7 Å². The average Bonchev–Trinajstić information content (AvgIpc) is 3.08. The second kappa shape index (κ2) is 5.75. The van der Waals surface area contributed by atoms with E-state index < -0.39 is 0 Å². The molecule has 102 valence electrons. The molecule has 2 aromatic rings. The van der Waals surface area contributed by atoms with Crippen molar-refractivity contribution in [1.82, 2.24) is 5.32 Å². The smallest absolute Gasteiger partial charge is 0.0779 e. The quantitative estimate of drug-likeness (QED) is 0.894. The topological polar surface area (TPSA) is 21.3 Å². The van der Waals surface area contributed by atoms with E-state index in [1.165, 1.54) is 28.2 Å². The van der Waals surface area contributed by atoms with Gasteiger partial charge < -0.3 is 10.1 Å². The summed E-state index contributed by atoms with van der Waals surface area (Å²) in [5.74, 6) is 0. The van der Waals surface area contributed by atoms with E-state index in [1.807, 2.05) is 11.3 Å². The fourth-order valence-electron chi connectivity index (χ4n) is 2.47. The summed E-state index contributed by atoms with van der Waals surface area (Å²) in [6.07, 6.45) is 2.37. The third-order valence-corrected chi connectivity index (χ3v) is 5.41. The van der Waals surface area contributed by atoms with E-state index in [0.29, 0.717) is 0 Å². The Labute approximate surface area is 122 Å². The molecular weight excluding hydrogens is 274 g/mol. The van der Waals surface area contributed by atoms with Crippen molar-refractivity contribution in [1.29, 1.82) is 0 Å². The summed E-state index contributed by atoms with van der Waals surface area (Å²) in [7, 11) is 0. The molecule has 3 rings (SSSR count). The zero-order valence-electron chi connectivity index (χ0n) is 11.1. The van der Waals surface area contributed by atoms with Crippen molar-refractivity contribution in [3.05, 3.63) is 33.8 Å². The molecule has 4 heteroatoms. The molecule has 0 saturated carbocycles. The lowest BCUT2D eigenvalue weighted by molar-refractivity contribution is 0.0207. The highest BCUT2D eigenvalue weighted by atomic mass is 32.1. The van der Waals surface area contributed by atoms with Crippen LogP contribution < -0.4 is 5.32 Å². The molecule has 3 heterocycles. The largest absolute Gasteiger partial charge is 0.374 e. The molecule has 2 aromatic heterocycles. The highest BCUT2D eigenvalue weighted by Crippen LogP contribution is 2.29. The number of thiophene rings is 2. The van der Waals surface area contributed by atoms with Crippen molar-refractivity contribution in [2.24, 2.45) is 0 Å². The number of hydrogen-bond acceptors (Lipinski definition) is 4. The van der Waals surface area contributed by atoms with Crippen molar-refractivity contribution in [2.75, 3.05) is 13.2 Å². The zero-order chi connectivity index (χ0) is 13.1. The predicted octanol–water partition coefficient (Wildman–Crippen LogP) is 4.14. The van der Waals surface area contributed by atoms with Crippen LogP contribution in [-0.4, -0.2) is 18.8 Å². The van der Waals surface area contributed by atoms with Gasteiger partial charge in [0.05, 0.1) is 5.60 Å². The normalized spacial score (nSPS) is 23.0. The number of ether oxygens (including phenoxy) is 1. The lowest BCUT2D eigenvalue weighted by atomic mass is 10.0. The van der Waals surface area contributed by atoms with Gasteiger partial charge in [-0.05, 0) is 42.7 Å². The third-order valence-electron chi connectivity index (χ3n) is 3.56. The van der Waals surface area contributed by atoms with Gasteiger partial charge in [-0.2, -0.15) is 0 Å². The Morgan fingerprint density at radius 1 is 1.42 bits per heavy atom. The third kappa shape index (κ3) is 3.26. The van der Waals surface area contributed by atoms with E-state index in [4.69, 9.17) is 4.74 Å². The van der Waals surface area contributed by atoms with Crippen LogP contribution in [0.5, 0.6) is 0 Å². The standard InChI is InChI=1S/C15H19NOS2/c1-15(5-3-6-17-15)11-16-9-13-8-12(10-19-13)14-4-2-7-18-14/h2,4,7-8,10,16H,3,5-6,9,11H2,1H3. The van der Waals surface area contributed by atoms with Crippen LogP contribution in [-0.2, 0) is 11.3 Å². The first-order chi connectivity index (χ1) is 9.25. The second-order valence-electron chi connectivity index (χ2n) is 5.28. The summed E-state index contributed by atoms with van der Waals surface area (Å²) >= 11 is 3.63. The predicted molar refractivity (Wildman–Crippen MR) is 82.9 cm³/mol. The summed E-state index contributed by atoms with van der Waals surface area (Å²) < 4.78 is 5.79. The maximum Gasteiger partial charge on any atom is 0.0779 e. The summed E-state index contributed by atoms with van der Waals surface area (Å²) in [6.45, 7) is 5.01. The molecule has 0 amide bonds. The maximum atomic E-state index is 5.79. The minimum atomic E-state index is 0.0494. The molecule has 0 spiro atoms. The zero-order valence-corrected chi connectivity index (χ0v) is 12.8. The lowest BCUT2D eigenvalue weighted by Gasteiger charge is -2.23. The summed E-state index contributed by atoms with van der Waals surface area (Å²) in [6, 6.07) is 6.58. The molecule has 0 radical (unpaired) electrons. The van der Waals surface area contributed by atoms with E-state index in [1.54, 1.807) is 11.3 Å². The van der Waals surface area contributed by atoms with Gasteiger partial charge in [-0.3, -0.25) is 0 Å². The highest BCUT2D eigenvalue weighted by Gasteiger charge is 2.28. The van der Waals surface area contributed by atoms with Crippen LogP contribution in [0.15, 0.2) is 29.0 Å². The molecule has 1 aliphatic rings. The second-order valence-corrected chi connectivity index (χ2v) is 7.23. The van der Waals surface area contributed by atoms with E-state index in [-0.39, 0.29) is 5.60 Å². The summed E-state index contributed by atoms with van der Waals surface area (Å²) in [4.78, 5) is 2.75. The number of hydrogen-bond donors (Lipinski definition) is 1. The van der Waals surface area contributed by atoms with Crippen LogP contribution in [0.2, 0.25) is 0 Å². The van der Waals surface area contributed by atoms with Crippen LogP contribution in [0.4, 0.5) is 0 Å². The van der Waals surface area contributed by atoms with E-state index >= 15 is 0 Å². The van der Waals surface area contributed by atoms with Crippen LogP contribution >= 0.6 is 22.7 Å². The lowest BCUT2D eigenvalue weighted by Crippen LogP contribution is -2.36. The Balaban J connectivity index is 1.53. The van der Waals surface area contributed by atoms with Gasteiger partial charge in [0.2, 0.25) is 0 Å². The molecule has 0 aromatic carbocycles. The molecule has 2 nitrogen and oxygen atoms in total. The molecule has 1 fully saturated rings. The number of rotatable bonds is 5. The van der Waals surface area contributed by atoms with Crippen LogP contribution in [0.3, 0.4) is 0 Å². The minimum Gasteiger partial charge on any atom is -0.374 e. The molecule has 1 unspecified atom stereocenters. The van der Waals surface area contributed by atoms with Gasteiger partial charge >= 0.3 is 0 Å². The van der Waals surface area contributed by atoms with Gasteiger partial charge in [0, 0.05) is 35.0 Å².